The van der Waals surface area contributed by atoms with Gasteiger partial charge in [-0.2, -0.15) is 0 Å². The predicted octanol–water partition coefficient (Wildman–Crippen LogP) is 2.84. The van der Waals surface area contributed by atoms with Crippen molar-refractivity contribution in [2.45, 2.75) is 4.90 Å². The second kappa shape index (κ2) is 5.32. The Hall–Kier alpha value is -2.01. The first-order valence-electron chi connectivity index (χ1n) is 5.71. The Balaban J connectivity index is 2.33. The zero-order valence-corrected chi connectivity index (χ0v) is 11.6. The lowest BCUT2D eigenvalue weighted by Gasteiger charge is -2.11. The fourth-order valence-corrected chi connectivity index (χ4v) is 2.57. The van der Waals surface area contributed by atoms with Crippen molar-refractivity contribution >= 4 is 21.2 Å². The third kappa shape index (κ3) is 3.26. The lowest BCUT2D eigenvalue weighted by molar-refractivity contribution is 0.415. The van der Waals surface area contributed by atoms with E-state index in [9.17, 15) is 8.42 Å². The molecule has 0 aliphatic heterocycles. The van der Waals surface area contributed by atoms with Gasteiger partial charge in [-0.15, -0.1) is 0 Å². The molecular formula is C14H15NO3S. The summed E-state index contributed by atoms with van der Waals surface area (Å²) in [5, 5.41) is 3.10. The zero-order chi connectivity index (χ0) is 13.9. The molecule has 0 radical (unpaired) electrons. The van der Waals surface area contributed by atoms with Gasteiger partial charge in [0.2, 0.25) is 0 Å². The number of sulfone groups is 1. The van der Waals surface area contributed by atoms with Crippen LogP contribution in [0.1, 0.15) is 0 Å². The van der Waals surface area contributed by atoms with Gasteiger partial charge in [0.15, 0.2) is 9.84 Å². The summed E-state index contributed by atoms with van der Waals surface area (Å²) in [6.07, 6.45) is 1.20. The smallest absolute Gasteiger partial charge is 0.177 e. The van der Waals surface area contributed by atoms with Crippen LogP contribution in [-0.2, 0) is 9.84 Å². The molecule has 19 heavy (non-hydrogen) atoms. The monoisotopic (exact) mass is 277 g/mol. The highest BCUT2D eigenvalue weighted by atomic mass is 32.2. The quantitative estimate of drug-likeness (QED) is 0.933. The Labute approximate surface area is 113 Å². The summed E-state index contributed by atoms with van der Waals surface area (Å²) in [7, 11) is -1.65. The summed E-state index contributed by atoms with van der Waals surface area (Å²) >= 11 is 0. The van der Waals surface area contributed by atoms with E-state index >= 15 is 0 Å². The Kier molecular flexibility index (Phi) is 3.76. The molecule has 0 saturated heterocycles. The number of benzene rings is 2. The van der Waals surface area contributed by atoms with Crippen molar-refractivity contribution in [2.75, 3.05) is 18.7 Å². The molecule has 0 bridgehead atoms. The number of rotatable bonds is 4. The average Bonchev–Trinajstić information content (AvgIpc) is 2.39. The summed E-state index contributed by atoms with van der Waals surface area (Å²) in [5.74, 6) is 0.752. The molecule has 4 nitrogen and oxygen atoms in total. The zero-order valence-electron chi connectivity index (χ0n) is 10.8. The Morgan fingerprint density at radius 3 is 2.21 bits per heavy atom. The highest BCUT2D eigenvalue weighted by Crippen LogP contribution is 2.25. The molecule has 100 valence electrons. The summed E-state index contributed by atoms with van der Waals surface area (Å²) in [4.78, 5) is 0.283. The standard InChI is InChI=1S/C14H15NO3S/c1-18-12-9-7-11(8-10-12)15-13-5-3-4-6-14(13)19(2,16)17/h3-10,15H,1-2H3. The first kappa shape index (κ1) is 13.4. The van der Waals surface area contributed by atoms with Crippen molar-refractivity contribution in [2.24, 2.45) is 0 Å². The van der Waals surface area contributed by atoms with Crippen LogP contribution in [0, 0.1) is 0 Å². The van der Waals surface area contributed by atoms with E-state index in [4.69, 9.17) is 4.74 Å². The van der Waals surface area contributed by atoms with Crippen LogP contribution in [0.25, 0.3) is 0 Å². The van der Waals surface area contributed by atoms with E-state index in [-0.39, 0.29) is 4.90 Å². The minimum atomic E-state index is -3.25. The van der Waals surface area contributed by atoms with E-state index in [1.54, 1.807) is 31.4 Å². The SMILES string of the molecule is COc1ccc(Nc2ccccc2S(C)(=O)=O)cc1. The molecule has 2 aromatic rings. The molecule has 0 fully saturated rings. The molecule has 0 atom stereocenters. The normalized spacial score (nSPS) is 11.1. The van der Waals surface area contributed by atoms with Crippen molar-refractivity contribution in [1.82, 2.24) is 0 Å². The highest BCUT2D eigenvalue weighted by Gasteiger charge is 2.12. The molecule has 5 heteroatoms. The predicted molar refractivity (Wildman–Crippen MR) is 75.8 cm³/mol. The second-order valence-electron chi connectivity index (χ2n) is 4.12. The molecule has 2 aromatic carbocycles. The number of hydrogen-bond acceptors (Lipinski definition) is 4. The van der Waals surface area contributed by atoms with Crippen LogP contribution in [0.2, 0.25) is 0 Å². The number of para-hydroxylation sites is 1. The van der Waals surface area contributed by atoms with Gasteiger partial charge in [-0.05, 0) is 36.4 Å². The lowest BCUT2D eigenvalue weighted by atomic mass is 10.2. The van der Waals surface area contributed by atoms with Crippen molar-refractivity contribution in [3.63, 3.8) is 0 Å². The maximum atomic E-state index is 11.7. The van der Waals surface area contributed by atoms with E-state index in [0.717, 1.165) is 11.4 Å². The van der Waals surface area contributed by atoms with Gasteiger partial charge in [-0.3, -0.25) is 0 Å². The van der Waals surface area contributed by atoms with Crippen LogP contribution in [0.4, 0.5) is 11.4 Å². The summed E-state index contributed by atoms with van der Waals surface area (Å²) in [6.45, 7) is 0. The number of anilines is 2. The Bertz CT molecular complexity index is 663. The van der Waals surface area contributed by atoms with E-state index in [0.29, 0.717) is 5.69 Å². The molecule has 0 aliphatic rings. The van der Waals surface area contributed by atoms with E-state index in [2.05, 4.69) is 5.32 Å². The molecular weight excluding hydrogens is 262 g/mol. The third-order valence-corrected chi connectivity index (χ3v) is 3.81. The van der Waals surface area contributed by atoms with E-state index < -0.39 is 9.84 Å². The van der Waals surface area contributed by atoms with Gasteiger partial charge < -0.3 is 10.1 Å². The maximum absolute atomic E-state index is 11.7. The minimum absolute atomic E-state index is 0.283. The van der Waals surface area contributed by atoms with Gasteiger partial charge in [0, 0.05) is 11.9 Å². The summed E-state index contributed by atoms with van der Waals surface area (Å²) in [5.41, 5.74) is 1.37. The Morgan fingerprint density at radius 1 is 1.00 bits per heavy atom. The molecule has 2 rings (SSSR count). The number of methoxy groups -OCH3 is 1. The topological polar surface area (TPSA) is 55.4 Å². The molecule has 0 saturated carbocycles. The highest BCUT2D eigenvalue weighted by molar-refractivity contribution is 7.90. The van der Waals surface area contributed by atoms with Crippen molar-refractivity contribution < 1.29 is 13.2 Å². The van der Waals surface area contributed by atoms with Gasteiger partial charge in [0.05, 0.1) is 17.7 Å². The average molecular weight is 277 g/mol. The first-order valence-corrected chi connectivity index (χ1v) is 7.60. The lowest BCUT2D eigenvalue weighted by Crippen LogP contribution is -2.02. The fourth-order valence-electron chi connectivity index (χ4n) is 1.72. The number of hydrogen-bond donors (Lipinski definition) is 1. The van der Waals surface area contributed by atoms with Crippen LogP contribution >= 0.6 is 0 Å². The molecule has 0 unspecified atom stereocenters. The van der Waals surface area contributed by atoms with E-state index in [1.807, 2.05) is 24.3 Å². The van der Waals surface area contributed by atoms with Crippen LogP contribution < -0.4 is 10.1 Å². The molecule has 0 spiro atoms. The molecule has 1 N–H and O–H groups in total. The van der Waals surface area contributed by atoms with E-state index in [1.165, 1.54) is 6.26 Å². The minimum Gasteiger partial charge on any atom is -0.497 e. The second-order valence-corrected chi connectivity index (χ2v) is 6.11. The first-order chi connectivity index (χ1) is 9.00. The van der Waals surface area contributed by atoms with Gasteiger partial charge in [0.25, 0.3) is 0 Å². The number of ether oxygens (including phenoxy) is 1. The van der Waals surface area contributed by atoms with Crippen LogP contribution in [0.5, 0.6) is 5.75 Å². The third-order valence-electron chi connectivity index (χ3n) is 2.66. The molecule has 0 heterocycles. The van der Waals surface area contributed by atoms with Crippen molar-refractivity contribution in [3.05, 3.63) is 48.5 Å². The fraction of sp³-hybridized carbons (Fsp3) is 0.143. The summed E-state index contributed by atoms with van der Waals surface area (Å²) in [6, 6.07) is 14.1. The van der Waals surface area contributed by atoms with Crippen molar-refractivity contribution in [1.29, 1.82) is 0 Å². The van der Waals surface area contributed by atoms with Crippen molar-refractivity contribution in [3.8, 4) is 5.75 Å². The maximum Gasteiger partial charge on any atom is 0.177 e. The molecule has 0 aromatic heterocycles. The number of nitrogens with one attached hydrogen (secondary N) is 1. The van der Waals surface area contributed by atoms with Crippen LogP contribution in [-0.4, -0.2) is 21.8 Å². The van der Waals surface area contributed by atoms with Gasteiger partial charge in [-0.1, -0.05) is 12.1 Å². The molecule has 0 aliphatic carbocycles. The summed E-state index contributed by atoms with van der Waals surface area (Å²) < 4.78 is 28.4. The Morgan fingerprint density at radius 2 is 1.63 bits per heavy atom. The van der Waals surface area contributed by atoms with Crippen LogP contribution in [0.3, 0.4) is 0 Å². The largest absolute Gasteiger partial charge is 0.497 e. The van der Waals surface area contributed by atoms with Gasteiger partial charge in [-0.25, -0.2) is 8.42 Å². The van der Waals surface area contributed by atoms with Crippen LogP contribution in [0.15, 0.2) is 53.4 Å². The van der Waals surface area contributed by atoms with Gasteiger partial charge in [0.1, 0.15) is 5.75 Å². The van der Waals surface area contributed by atoms with Gasteiger partial charge >= 0.3 is 0 Å². The molecule has 0 amide bonds.